The summed E-state index contributed by atoms with van der Waals surface area (Å²) in [4.78, 5) is 2.51. The molecule has 1 N–H and O–H groups in total. The first-order valence-electron chi connectivity index (χ1n) is 8.05. The molecule has 1 fully saturated rings. The quantitative estimate of drug-likeness (QED) is 0.768. The van der Waals surface area contributed by atoms with Crippen LogP contribution in [-0.2, 0) is 6.54 Å². The molecule has 0 saturated heterocycles. The third-order valence-electron chi connectivity index (χ3n) is 4.16. The molecule has 5 heteroatoms. The Kier molecular flexibility index (Phi) is 5.64. The van der Waals surface area contributed by atoms with Gasteiger partial charge in [0.15, 0.2) is 4.77 Å². The van der Waals surface area contributed by atoms with Crippen molar-refractivity contribution in [3.63, 3.8) is 0 Å². The lowest BCUT2D eigenvalue weighted by atomic mass is 10.1. The lowest BCUT2D eigenvalue weighted by Crippen LogP contribution is -2.37. The number of H-pyrrole nitrogens is 1. The fraction of sp³-hybridized carbons (Fsp3) is 0.867. The van der Waals surface area contributed by atoms with Gasteiger partial charge in [-0.05, 0) is 43.8 Å². The van der Waals surface area contributed by atoms with Gasteiger partial charge in [-0.1, -0.05) is 33.6 Å². The summed E-state index contributed by atoms with van der Waals surface area (Å²) < 4.78 is 2.93. The van der Waals surface area contributed by atoms with E-state index in [1.54, 1.807) is 0 Å². The number of aromatic amines is 1. The summed E-state index contributed by atoms with van der Waals surface area (Å²) in [5, 5.41) is 7.52. The number of hydrogen-bond acceptors (Lipinski definition) is 3. The zero-order valence-electron chi connectivity index (χ0n) is 13.1. The third-order valence-corrected chi connectivity index (χ3v) is 4.47. The number of aromatic nitrogens is 3. The fourth-order valence-electron chi connectivity index (χ4n) is 3.01. The molecule has 0 aliphatic heterocycles. The van der Waals surface area contributed by atoms with Crippen LogP contribution in [0.25, 0.3) is 0 Å². The Morgan fingerprint density at radius 3 is 2.70 bits per heavy atom. The predicted molar refractivity (Wildman–Crippen MR) is 86.8 cm³/mol. The van der Waals surface area contributed by atoms with Crippen molar-refractivity contribution in [2.24, 2.45) is 5.92 Å². The minimum atomic E-state index is 0.648. The van der Waals surface area contributed by atoms with Crippen LogP contribution < -0.4 is 4.90 Å². The monoisotopic (exact) mass is 296 g/mol. The summed E-state index contributed by atoms with van der Waals surface area (Å²) in [6.45, 7) is 8.81. The Balaban J connectivity index is 2.22. The molecule has 1 saturated carbocycles. The lowest BCUT2D eigenvalue weighted by molar-refractivity contribution is 0.509. The molecule has 0 atom stereocenters. The van der Waals surface area contributed by atoms with E-state index in [9.17, 15) is 0 Å². The molecular formula is C15H28N4S. The molecule has 20 heavy (non-hydrogen) atoms. The fourth-order valence-corrected chi connectivity index (χ4v) is 3.23. The zero-order chi connectivity index (χ0) is 14.5. The number of rotatable bonds is 7. The van der Waals surface area contributed by atoms with Gasteiger partial charge in [-0.3, -0.25) is 4.57 Å². The molecule has 0 aromatic carbocycles. The molecule has 1 aliphatic rings. The second-order valence-corrected chi connectivity index (χ2v) is 6.68. The Labute approximate surface area is 127 Å². The van der Waals surface area contributed by atoms with Crippen molar-refractivity contribution < 1.29 is 0 Å². The average molecular weight is 296 g/mol. The van der Waals surface area contributed by atoms with Gasteiger partial charge in [0, 0.05) is 19.1 Å². The Bertz CT molecular complexity index is 457. The summed E-state index contributed by atoms with van der Waals surface area (Å²) in [7, 11) is 0. The van der Waals surface area contributed by atoms with E-state index in [0.29, 0.717) is 6.04 Å². The van der Waals surface area contributed by atoms with Crippen molar-refractivity contribution in [2.45, 2.75) is 71.9 Å². The summed E-state index contributed by atoms with van der Waals surface area (Å²) >= 11 is 5.39. The molecule has 1 aromatic rings. The average Bonchev–Trinajstić information content (AvgIpc) is 3.03. The van der Waals surface area contributed by atoms with Gasteiger partial charge in [-0.15, -0.1) is 5.10 Å². The lowest BCUT2D eigenvalue weighted by Gasteiger charge is -2.30. The van der Waals surface area contributed by atoms with Crippen LogP contribution in [0.4, 0.5) is 5.95 Å². The number of anilines is 1. The van der Waals surface area contributed by atoms with E-state index in [1.165, 1.54) is 32.1 Å². The van der Waals surface area contributed by atoms with Gasteiger partial charge in [0.25, 0.3) is 0 Å². The van der Waals surface area contributed by atoms with Gasteiger partial charge in [-0.2, -0.15) is 0 Å². The molecule has 0 spiro atoms. The van der Waals surface area contributed by atoms with Gasteiger partial charge in [0.2, 0.25) is 5.95 Å². The molecule has 1 aromatic heterocycles. The molecule has 0 radical (unpaired) electrons. The van der Waals surface area contributed by atoms with Crippen LogP contribution in [0.15, 0.2) is 0 Å². The zero-order valence-corrected chi connectivity index (χ0v) is 13.9. The van der Waals surface area contributed by atoms with Crippen molar-refractivity contribution in [3.8, 4) is 0 Å². The summed E-state index contributed by atoms with van der Waals surface area (Å²) in [6.07, 6.45) is 7.59. The van der Waals surface area contributed by atoms with Crippen LogP contribution in [0.5, 0.6) is 0 Å². The Hall–Kier alpha value is -0.840. The SMILES string of the molecule is CCCn1c(N(CCC(C)C)C2CCCC2)n[nH]c1=S. The van der Waals surface area contributed by atoms with Gasteiger partial charge in [0.05, 0.1) is 0 Å². The van der Waals surface area contributed by atoms with Gasteiger partial charge >= 0.3 is 0 Å². The van der Waals surface area contributed by atoms with Crippen LogP contribution in [0.1, 0.15) is 59.3 Å². The van der Waals surface area contributed by atoms with Crippen molar-refractivity contribution >= 4 is 18.2 Å². The number of nitrogens with one attached hydrogen (secondary N) is 1. The molecular weight excluding hydrogens is 268 g/mol. The highest BCUT2D eigenvalue weighted by Crippen LogP contribution is 2.28. The van der Waals surface area contributed by atoms with E-state index < -0.39 is 0 Å². The van der Waals surface area contributed by atoms with Crippen LogP contribution in [0.2, 0.25) is 0 Å². The molecule has 1 aliphatic carbocycles. The maximum Gasteiger partial charge on any atom is 0.225 e. The number of hydrogen-bond donors (Lipinski definition) is 1. The summed E-state index contributed by atoms with van der Waals surface area (Å²) in [5.74, 6) is 1.78. The highest BCUT2D eigenvalue weighted by Gasteiger charge is 2.26. The smallest absolute Gasteiger partial charge is 0.225 e. The molecule has 4 nitrogen and oxygen atoms in total. The Morgan fingerprint density at radius 2 is 2.10 bits per heavy atom. The van der Waals surface area contributed by atoms with Crippen LogP contribution in [0.3, 0.4) is 0 Å². The van der Waals surface area contributed by atoms with Crippen molar-refractivity contribution in [1.82, 2.24) is 14.8 Å². The van der Waals surface area contributed by atoms with E-state index >= 15 is 0 Å². The molecule has 0 unspecified atom stereocenters. The first-order valence-corrected chi connectivity index (χ1v) is 8.46. The second-order valence-electron chi connectivity index (χ2n) is 6.29. The minimum Gasteiger partial charge on any atom is -0.338 e. The third kappa shape index (κ3) is 3.62. The number of nitrogens with zero attached hydrogens (tertiary/aromatic N) is 3. The van der Waals surface area contributed by atoms with Crippen LogP contribution in [-0.4, -0.2) is 27.4 Å². The molecule has 0 amide bonds. The Morgan fingerprint density at radius 1 is 1.40 bits per heavy atom. The van der Waals surface area contributed by atoms with E-state index in [1.807, 2.05) is 0 Å². The van der Waals surface area contributed by atoms with Gasteiger partial charge < -0.3 is 4.90 Å². The van der Waals surface area contributed by atoms with Crippen LogP contribution >= 0.6 is 12.2 Å². The standard InChI is InChI=1S/C15H28N4S/c1-4-10-19-14(16-17-15(19)20)18(11-9-12(2)3)13-7-5-6-8-13/h12-13H,4-11H2,1-3H3,(H,17,20). The largest absolute Gasteiger partial charge is 0.338 e. The van der Waals surface area contributed by atoms with E-state index in [2.05, 4.69) is 40.4 Å². The van der Waals surface area contributed by atoms with Gasteiger partial charge in [0.1, 0.15) is 0 Å². The van der Waals surface area contributed by atoms with E-state index in [4.69, 9.17) is 12.2 Å². The van der Waals surface area contributed by atoms with E-state index in [0.717, 1.165) is 36.1 Å². The van der Waals surface area contributed by atoms with Gasteiger partial charge in [-0.25, -0.2) is 5.10 Å². The maximum atomic E-state index is 5.39. The molecule has 114 valence electrons. The van der Waals surface area contributed by atoms with E-state index in [-0.39, 0.29) is 0 Å². The molecule has 1 heterocycles. The van der Waals surface area contributed by atoms with Crippen molar-refractivity contribution in [3.05, 3.63) is 4.77 Å². The van der Waals surface area contributed by atoms with Crippen molar-refractivity contribution in [2.75, 3.05) is 11.4 Å². The topological polar surface area (TPSA) is 36.9 Å². The predicted octanol–water partition coefficient (Wildman–Crippen LogP) is 4.15. The highest BCUT2D eigenvalue weighted by molar-refractivity contribution is 7.71. The molecule has 2 rings (SSSR count). The summed E-state index contributed by atoms with van der Waals surface area (Å²) in [6, 6.07) is 0.648. The second kappa shape index (κ2) is 7.25. The summed E-state index contributed by atoms with van der Waals surface area (Å²) in [5.41, 5.74) is 0. The highest BCUT2D eigenvalue weighted by atomic mass is 32.1. The first kappa shape index (κ1) is 15.5. The van der Waals surface area contributed by atoms with Crippen molar-refractivity contribution in [1.29, 1.82) is 0 Å². The molecule has 0 bridgehead atoms. The minimum absolute atomic E-state index is 0.648. The van der Waals surface area contributed by atoms with Crippen LogP contribution in [0, 0.1) is 10.7 Å². The maximum absolute atomic E-state index is 5.39. The normalized spacial score (nSPS) is 16.2. The first-order chi connectivity index (χ1) is 9.63.